The molecule has 2 heterocycles. The summed E-state index contributed by atoms with van der Waals surface area (Å²) in [6.45, 7) is 3.63. The highest BCUT2D eigenvalue weighted by Crippen LogP contribution is 2.26. The standard InChI is InChI=1S/C21H22N2O4/c1-4-11-21(2,20(25)26-3)23-19(24)15-13-17(18-10-7-12-27-18)22-16-9-6-5-8-14(15)16/h5-10,12-13H,4,11H2,1-3H3,(H,23,24). The van der Waals surface area contributed by atoms with E-state index in [0.29, 0.717) is 34.3 Å². The van der Waals surface area contributed by atoms with Gasteiger partial charge in [0.2, 0.25) is 0 Å². The van der Waals surface area contributed by atoms with Crippen LogP contribution in [0.25, 0.3) is 22.4 Å². The molecule has 6 nitrogen and oxygen atoms in total. The highest BCUT2D eigenvalue weighted by atomic mass is 16.5. The molecule has 0 aliphatic rings. The van der Waals surface area contributed by atoms with Gasteiger partial charge in [-0.25, -0.2) is 9.78 Å². The molecule has 3 aromatic rings. The summed E-state index contributed by atoms with van der Waals surface area (Å²) in [6.07, 6.45) is 2.75. The first-order chi connectivity index (χ1) is 13.0. The highest BCUT2D eigenvalue weighted by molar-refractivity contribution is 6.08. The number of para-hydroxylation sites is 1. The molecule has 6 heteroatoms. The number of hydrogen-bond donors (Lipinski definition) is 1. The summed E-state index contributed by atoms with van der Waals surface area (Å²) in [4.78, 5) is 29.9. The molecule has 0 bridgehead atoms. The third-order valence-corrected chi connectivity index (χ3v) is 4.51. The van der Waals surface area contributed by atoms with Gasteiger partial charge in [-0.2, -0.15) is 0 Å². The predicted molar refractivity (Wildman–Crippen MR) is 102 cm³/mol. The average molecular weight is 366 g/mol. The van der Waals surface area contributed by atoms with Crippen LogP contribution in [-0.2, 0) is 9.53 Å². The van der Waals surface area contributed by atoms with E-state index in [1.165, 1.54) is 7.11 Å². The fourth-order valence-corrected chi connectivity index (χ4v) is 3.17. The minimum atomic E-state index is -1.10. The van der Waals surface area contributed by atoms with E-state index in [4.69, 9.17) is 9.15 Å². The SMILES string of the molecule is CCCC(C)(NC(=O)c1cc(-c2ccco2)nc2ccccc12)C(=O)OC. The lowest BCUT2D eigenvalue weighted by Crippen LogP contribution is -2.52. The smallest absolute Gasteiger partial charge is 0.331 e. The summed E-state index contributed by atoms with van der Waals surface area (Å²) < 4.78 is 10.3. The lowest BCUT2D eigenvalue weighted by atomic mass is 9.95. The Morgan fingerprint density at radius 2 is 2.00 bits per heavy atom. The molecule has 2 aromatic heterocycles. The molecule has 3 rings (SSSR count). The number of methoxy groups -OCH3 is 1. The van der Waals surface area contributed by atoms with Gasteiger partial charge in [0, 0.05) is 5.39 Å². The second-order valence-corrected chi connectivity index (χ2v) is 6.58. The van der Waals surface area contributed by atoms with Gasteiger partial charge in [-0.05, 0) is 37.6 Å². The molecule has 0 saturated heterocycles. The van der Waals surface area contributed by atoms with Crippen molar-refractivity contribution >= 4 is 22.8 Å². The zero-order valence-corrected chi connectivity index (χ0v) is 15.6. The first kappa shape index (κ1) is 18.6. The summed E-state index contributed by atoms with van der Waals surface area (Å²) in [7, 11) is 1.32. The number of aromatic nitrogens is 1. The van der Waals surface area contributed by atoms with Gasteiger partial charge in [0.25, 0.3) is 5.91 Å². The van der Waals surface area contributed by atoms with E-state index in [2.05, 4.69) is 10.3 Å². The van der Waals surface area contributed by atoms with Crippen LogP contribution in [-0.4, -0.2) is 29.5 Å². The van der Waals surface area contributed by atoms with Crippen LogP contribution in [0.1, 0.15) is 37.0 Å². The molecular formula is C21H22N2O4. The van der Waals surface area contributed by atoms with E-state index < -0.39 is 11.5 Å². The summed E-state index contributed by atoms with van der Waals surface area (Å²) in [5.41, 5.74) is 0.555. The van der Waals surface area contributed by atoms with Crippen molar-refractivity contribution in [1.82, 2.24) is 10.3 Å². The lowest BCUT2D eigenvalue weighted by Gasteiger charge is -2.27. The van der Waals surface area contributed by atoms with Crippen LogP contribution >= 0.6 is 0 Å². The first-order valence-corrected chi connectivity index (χ1v) is 8.83. The quantitative estimate of drug-likeness (QED) is 0.668. The zero-order valence-electron chi connectivity index (χ0n) is 15.6. The van der Waals surface area contributed by atoms with Crippen LogP contribution in [0, 0.1) is 0 Å². The normalized spacial score (nSPS) is 13.1. The number of pyridine rings is 1. The van der Waals surface area contributed by atoms with Crippen molar-refractivity contribution < 1.29 is 18.7 Å². The molecule has 27 heavy (non-hydrogen) atoms. The number of esters is 1. The van der Waals surface area contributed by atoms with Gasteiger partial charge in [-0.15, -0.1) is 0 Å². The molecule has 0 aliphatic heterocycles. The molecule has 0 radical (unpaired) electrons. The molecule has 140 valence electrons. The van der Waals surface area contributed by atoms with Gasteiger partial charge >= 0.3 is 5.97 Å². The van der Waals surface area contributed by atoms with E-state index in [0.717, 1.165) is 6.42 Å². The van der Waals surface area contributed by atoms with Crippen LogP contribution in [0.3, 0.4) is 0 Å². The molecule has 1 atom stereocenters. The Labute approximate surface area is 157 Å². The molecule has 0 fully saturated rings. The Kier molecular flexibility index (Phi) is 5.26. The molecule has 1 unspecified atom stereocenters. The van der Waals surface area contributed by atoms with Crippen LogP contribution in [0.15, 0.2) is 53.1 Å². The van der Waals surface area contributed by atoms with E-state index in [1.54, 1.807) is 31.4 Å². The van der Waals surface area contributed by atoms with Crippen molar-refractivity contribution in [3.8, 4) is 11.5 Å². The number of carbonyl (C=O) groups excluding carboxylic acids is 2. The van der Waals surface area contributed by atoms with Gasteiger partial charge in [0.15, 0.2) is 5.76 Å². The first-order valence-electron chi connectivity index (χ1n) is 8.83. The van der Waals surface area contributed by atoms with Crippen LogP contribution in [0.5, 0.6) is 0 Å². The molecule has 0 saturated carbocycles. The Morgan fingerprint density at radius 1 is 1.22 bits per heavy atom. The maximum atomic E-state index is 13.1. The van der Waals surface area contributed by atoms with E-state index in [1.807, 2.05) is 31.2 Å². The minimum absolute atomic E-state index is 0.359. The van der Waals surface area contributed by atoms with Gasteiger partial charge in [0.05, 0.1) is 24.5 Å². The Bertz CT molecular complexity index is 965. The Morgan fingerprint density at radius 3 is 2.67 bits per heavy atom. The second kappa shape index (κ2) is 7.61. The van der Waals surface area contributed by atoms with Gasteiger partial charge in [-0.3, -0.25) is 4.79 Å². The fourth-order valence-electron chi connectivity index (χ4n) is 3.17. The van der Waals surface area contributed by atoms with Crippen molar-refractivity contribution in [2.75, 3.05) is 7.11 Å². The number of rotatable bonds is 6. The minimum Gasteiger partial charge on any atom is -0.467 e. The highest BCUT2D eigenvalue weighted by Gasteiger charge is 2.35. The number of carbonyl (C=O) groups is 2. The van der Waals surface area contributed by atoms with Gasteiger partial charge < -0.3 is 14.5 Å². The van der Waals surface area contributed by atoms with Crippen LogP contribution in [0.4, 0.5) is 0 Å². The van der Waals surface area contributed by atoms with Crippen molar-refractivity contribution in [3.05, 3.63) is 54.3 Å². The number of ether oxygens (including phenoxy) is 1. The van der Waals surface area contributed by atoms with E-state index in [-0.39, 0.29) is 5.91 Å². The topological polar surface area (TPSA) is 81.4 Å². The largest absolute Gasteiger partial charge is 0.467 e. The van der Waals surface area contributed by atoms with Crippen molar-refractivity contribution in [3.63, 3.8) is 0 Å². The maximum Gasteiger partial charge on any atom is 0.331 e. The fraction of sp³-hybridized carbons (Fsp3) is 0.286. The summed E-state index contributed by atoms with van der Waals surface area (Å²) in [5, 5.41) is 3.56. The van der Waals surface area contributed by atoms with Crippen molar-refractivity contribution in [2.45, 2.75) is 32.2 Å². The molecule has 0 aliphatic carbocycles. The zero-order chi connectivity index (χ0) is 19.4. The lowest BCUT2D eigenvalue weighted by molar-refractivity contribution is -0.147. The number of amides is 1. The molecule has 1 N–H and O–H groups in total. The van der Waals surface area contributed by atoms with Gasteiger partial charge in [0.1, 0.15) is 11.2 Å². The third-order valence-electron chi connectivity index (χ3n) is 4.51. The van der Waals surface area contributed by atoms with Crippen molar-refractivity contribution in [1.29, 1.82) is 0 Å². The number of nitrogens with one attached hydrogen (secondary N) is 1. The molecule has 1 aromatic carbocycles. The van der Waals surface area contributed by atoms with Crippen LogP contribution in [0.2, 0.25) is 0 Å². The monoisotopic (exact) mass is 366 g/mol. The Hall–Kier alpha value is -3.15. The number of benzene rings is 1. The number of furan rings is 1. The molecular weight excluding hydrogens is 344 g/mol. The Balaban J connectivity index is 2.06. The summed E-state index contributed by atoms with van der Waals surface area (Å²) >= 11 is 0. The number of nitrogens with zero attached hydrogens (tertiary/aromatic N) is 1. The predicted octanol–water partition coefficient (Wildman–Crippen LogP) is 3.96. The molecule has 1 amide bonds. The number of fused-ring (bicyclic) bond motifs is 1. The average Bonchev–Trinajstić information content (AvgIpc) is 3.21. The summed E-state index contributed by atoms with van der Waals surface area (Å²) in [6, 6.07) is 12.6. The number of hydrogen-bond acceptors (Lipinski definition) is 5. The van der Waals surface area contributed by atoms with E-state index in [9.17, 15) is 9.59 Å². The van der Waals surface area contributed by atoms with Gasteiger partial charge in [-0.1, -0.05) is 31.5 Å². The third kappa shape index (κ3) is 3.69. The van der Waals surface area contributed by atoms with Crippen LogP contribution < -0.4 is 5.32 Å². The van der Waals surface area contributed by atoms with E-state index >= 15 is 0 Å². The molecule has 0 spiro atoms. The second-order valence-electron chi connectivity index (χ2n) is 6.58. The summed E-state index contributed by atoms with van der Waals surface area (Å²) in [5.74, 6) is -0.260. The maximum absolute atomic E-state index is 13.1. The van der Waals surface area contributed by atoms with Crippen molar-refractivity contribution in [2.24, 2.45) is 0 Å².